The van der Waals surface area contributed by atoms with Crippen LogP contribution in [0.2, 0.25) is 0 Å². The number of hydrogen-bond acceptors (Lipinski definition) is 3. The minimum Gasteiger partial charge on any atom is -0.339 e. The van der Waals surface area contributed by atoms with Gasteiger partial charge in [-0.1, -0.05) is 35.8 Å². The van der Waals surface area contributed by atoms with Crippen LogP contribution in [0.4, 0.5) is 0 Å². The highest BCUT2D eigenvalue weighted by atomic mass is 79.9. The van der Waals surface area contributed by atoms with Crippen LogP contribution in [0, 0.1) is 5.92 Å². The zero-order chi connectivity index (χ0) is 14.5. The number of carbonyl (C=O) groups excluding carboxylic acids is 1. The third-order valence-corrected chi connectivity index (χ3v) is 5.08. The van der Waals surface area contributed by atoms with Crippen molar-refractivity contribution in [2.45, 2.75) is 25.2 Å². The molecule has 1 atom stereocenters. The number of piperazine rings is 1. The molecule has 1 aliphatic heterocycles. The Morgan fingerprint density at radius 1 is 1.35 bits per heavy atom. The van der Waals surface area contributed by atoms with Gasteiger partial charge in [-0.05, 0) is 17.5 Å². The lowest BCUT2D eigenvalue weighted by atomic mass is 10.1. The molecule has 1 aromatic rings. The standard InChI is InChI=1S/C15H22BrN3O/c1-12(2)14(16)15(20)19-8-6-18(7-9-19)11-13-4-3-5-17-10-13/h3-5,10,12,14H,6-9,11H2,1-2H3. The van der Waals surface area contributed by atoms with Crippen molar-refractivity contribution in [2.75, 3.05) is 26.2 Å². The molecule has 0 bridgehead atoms. The van der Waals surface area contributed by atoms with Gasteiger partial charge in [0.25, 0.3) is 0 Å². The van der Waals surface area contributed by atoms with Gasteiger partial charge in [-0.15, -0.1) is 0 Å². The number of rotatable bonds is 4. The second-order valence-corrected chi connectivity index (χ2v) is 6.59. The van der Waals surface area contributed by atoms with Crippen LogP contribution in [0.15, 0.2) is 24.5 Å². The molecule has 1 saturated heterocycles. The van der Waals surface area contributed by atoms with Crippen molar-refractivity contribution in [1.29, 1.82) is 0 Å². The summed E-state index contributed by atoms with van der Waals surface area (Å²) in [6, 6.07) is 4.06. The Morgan fingerprint density at radius 2 is 2.05 bits per heavy atom. The molecule has 1 amide bonds. The molecule has 1 aliphatic rings. The van der Waals surface area contributed by atoms with E-state index in [0.29, 0.717) is 5.92 Å². The number of alkyl halides is 1. The molecule has 1 fully saturated rings. The lowest BCUT2D eigenvalue weighted by Crippen LogP contribution is -2.50. The summed E-state index contributed by atoms with van der Waals surface area (Å²) in [5.74, 6) is 0.553. The van der Waals surface area contributed by atoms with E-state index in [1.54, 1.807) is 6.20 Å². The van der Waals surface area contributed by atoms with Crippen molar-refractivity contribution in [1.82, 2.24) is 14.8 Å². The molecule has 20 heavy (non-hydrogen) atoms. The van der Waals surface area contributed by atoms with Crippen molar-refractivity contribution < 1.29 is 4.79 Å². The highest BCUT2D eigenvalue weighted by Gasteiger charge is 2.27. The van der Waals surface area contributed by atoms with Crippen molar-refractivity contribution in [3.63, 3.8) is 0 Å². The molecule has 0 N–H and O–H groups in total. The summed E-state index contributed by atoms with van der Waals surface area (Å²) in [4.78, 5) is 20.7. The first-order valence-corrected chi connectivity index (χ1v) is 8.03. The third-order valence-electron chi connectivity index (χ3n) is 3.63. The monoisotopic (exact) mass is 339 g/mol. The lowest BCUT2D eigenvalue weighted by molar-refractivity contribution is -0.133. The van der Waals surface area contributed by atoms with E-state index in [2.05, 4.69) is 45.7 Å². The largest absolute Gasteiger partial charge is 0.339 e. The SMILES string of the molecule is CC(C)C(Br)C(=O)N1CCN(Cc2cccnc2)CC1. The molecule has 0 radical (unpaired) electrons. The molecule has 110 valence electrons. The van der Waals surface area contributed by atoms with E-state index in [1.165, 1.54) is 5.56 Å². The maximum absolute atomic E-state index is 12.3. The number of hydrogen-bond donors (Lipinski definition) is 0. The predicted octanol–water partition coefficient (Wildman–Crippen LogP) is 2.15. The van der Waals surface area contributed by atoms with Crippen LogP contribution in [-0.4, -0.2) is 51.7 Å². The van der Waals surface area contributed by atoms with E-state index >= 15 is 0 Å². The fourth-order valence-electron chi connectivity index (χ4n) is 2.34. The summed E-state index contributed by atoms with van der Waals surface area (Å²) >= 11 is 3.50. The molecule has 4 nitrogen and oxygen atoms in total. The van der Waals surface area contributed by atoms with Gasteiger partial charge in [0.05, 0.1) is 4.83 Å². The number of pyridine rings is 1. The Morgan fingerprint density at radius 3 is 2.60 bits per heavy atom. The van der Waals surface area contributed by atoms with E-state index < -0.39 is 0 Å². The van der Waals surface area contributed by atoms with Crippen LogP contribution in [0.3, 0.4) is 0 Å². The topological polar surface area (TPSA) is 36.4 Å². The molecule has 0 spiro atoms. The maximum atomic E-state index is 12.3. The smallest absolute Gasteiger partial charge is 0.236 e. The quantitative estimate of drug-likeness (QED) is 0.788. The number of amides is 1. The summed E-state index contributed by atoms with van der Waals surface area (Å²) in [5.41, 5.74) is 1.23. The van der Waals surface area contributed by atoms with Gasteiger partial charge in [-0.3, -0.25) is 14.7 Å². The second-order valence-electron chi connectivity index (χ2n) is 5.61. The van der Waals surface area contributed by atoms with Crippen LogP contribution in [0.25, 0.3) is 0 Å². The molecular formula is C15H22BrN3O. The first-order chi connectivity index (χ1) is 9.58. The van der Waals surface area contributed by atoms with E-state index in [-0.39, 0.29) is 10.7 Å². The van der Waals surface area contributed by atoms with Gasteiger partial charge >= 0.3 is 0 Å². The van der Waals surface area contributed by atoms with Gasteiger partial charge in [0, 0.05) is 45.1 Å². The van der Waals surface area contributed by atoms with Gasteiger partial charge < -0.3 is 4.90 Å². The van der Waals surface area contributed by atoms with Crippen molar-refractivity contribution >= 4 is 21.8 Å². The van der Waals surface area contributed by atoms with Gasteiger partial charge in [0.2, 0.25) is 5.91 Å². The highest BCUT2D eigenvalue weighted by molar-refractivity contribution is 9.10. The first-order valence-electron chi connectivity index (χ1n) is 7.12. The zero-order valence-corrected chi connectivity index (χ0v) is 13.7. The Balaban J connectivity index is 1.82. The molecule has 1 aromatic heterocycles. The van der Waals surface area contributed by atoms with E-state index in [9.17, 15) is 4.79 Å². The summed E-state index contributed by atoms with van der Waals surface area (Å²) in [6.07, 6.45) is 3.70. The third kappa shape index (κ3) is 4.03. The Hall–Kier alpha value is -0.940. The first kappa shape index (κ1) is 15.4. The zero-order valence-electron chi connectivity index (χ0n) is 12.1. The molecule has 5 heteroatoms. The molecule has 0 aliphatic carbocycles. The number of aromatic nitrogens is 1. The van der Waals surface area contributed by atoms with Crippen LogP contribution in [0.1, 0.15) is 19.4 Å². The van der Waals surface area contributed by atoms with Gasteiger partial charge in [-0.2, -0.15) is 0 Å². The number of carbonyl (C=O) groups is 1. The Bertz CT molecular complexity index is 430. The highest BCUT2D eigenvalue weighted by Crippen LogP contribution is 2.17. The maximum Gasteiger partial charge on any atom is 0.236 e. The number of halogens is 1. The fraction of sp³-hybridized carbons (Fsp3) is 0.600. The van der Waals surface area contributed by atoms with E-state index in [0.717, 1.165) is 32.7 Å². The Labute approximate surface area is 129 Å². The minimum absolute atomic E-state index is 0.0626. The number of nitrogens with zero attached hydrogens (tertiary/aromatic N) is 3. The van der Waals surface area contributed by atoms with Crippen molar-refractivity contribution in [3.8, 4) is 0 Å². The van der Waals surface area contributed by atoms with Crippen LogP contribution in [-0.2, 0) is 11.3 Å². The van der Waals surface area contributed by atoms with E-state index in [4.69, 9.17) is 0 Å². The molecule has 1 unspecified atom stereocenters. The normalized spacial score (nSPS) is 18.3. The summed E-state index contributed by atoms with van der Waals surface area (Å²) in [7, 11) is 0. The fourth-order valence-corrected chi connectivity index (χ4v) is 2.63. The van der Waals surface area contributed by atoms with Crippen LogP contribution in [0.5, 0.6) is 0 Å². The van der Waals surface area contributed by atoms with Crippen LogP contribution >= 0.6 is 15.9 Å². The average molecular weight is 340 g/mol. The molecule has 2 heterocycles. The van der Waals surface area contributed by atoms with Gasteiger partial charge in [-0.25, -0.2) is 0 Å². The lowest BCUT2D eigenvalue weighted by Gasteiger charge is -2.36. The average Bonchev–Trinajstić information content (AvgIpc) is 2.47. The van der Waals surface area contributed by atoms with Gasteiger partial charge in [0.1, 0.15) is 0 Å². The molecule has 0 aromatic carbocycles. The van der Waals surface area contributed by atoms with Crippen molar-refractivity contribution in [2.24, 2.45) is 5.92 Å². The molecule has 0 saturated carbocycles. The Kier molecular flexibility index (Phi) is 5.54. The minimum atomic E-state index is -0.0626. The predicted molar refractivity (Wildman–Crippen MR) is 83.6 cm³/mol. The van der Waals surface area contributed by atoms with Crippen molar-refractivity contribution in [3.05, 3.63) is 30.1 Å². The van der Waals surface area contributed by atoms with Gasteiger partial charge in [0.15, 0.2) is 0 Å². The van der Waals surface area contributed by atoms with Crippen LogP contribution < -0.4 is 0 Å². The molecular weight excluding hydrogens is 318 g/mol. The second kappa shape index (κ2) is 7.18. The summed E-state index contributed by atoms with van der Waals surface area (Å²) in [5, 5.41) is 0. The summed E-state index contributed by atoms with van der Waals surface area (Å²) < 4.78 is 0. The van der Waals surface area contributed by atoms with E-state index in [1.807, 2.05) is 17.2 Å². The molecule has 2 rings (SSSR count). The summed E-state index contributed by atoms with van der Waals surface area (Å²) in [6.45, 7) is 8.53.